The molecular weight excluding hydrogens is 437 g/mol. The summed E-state index contributed by atoms with van der Waals surface area (Å²) in [6, 6.07) is 11.3. The minimum atomic E-state index is -0.00700. The summed E-state index contributed by atoms with van der Waals surface area (Å²) in [5, 5.41) is 4.17. The lowest BCUT2D eigenvalue weighted by Gasteiger charge is -2.18. The highest BCUT2D eigenvalue weighted by atomic mass is 35.5. The van der Waals surface area contributed by atoms with Gasteiger partial charge in [-0.25, -0.2) is 4.98 Å². The van der Waals surface area contributed by atoms with Crippen LogP contribution < -0.4 is 15.0 Å². The van der Waals surface area contributed by atoms with Crippen molar-refractivity contribution in [1.82, 2.24) is 19.9 Å². The van der Waals surface area contributed by atoms with Crippen LogP contribution in [0.5, 0.6) is 5.88 Å². The molecule has 1 atom stereocenters. The van der Waals surface area contributed by atoms with Crippen molar-refractivity contribution in [2.45, 2.75) is 32.5 Å². The number of anilines is 1. The van der Waals surface area contributed by atoms with Crippen molar-refractivity contribution in [3.8, 4) is 5.88 Å². The summed E-state index contributed by atoms with van der Waals surface area (Å²) in [5.74, 6) is 2.13. The monoisotopic (exact) mass is 459 g/mol. The van der Waals surface area contributed by atoms with Gasteiger partial charge in [0.15, 0.2) is 0 Å². The largest absolute Gasteiger partial charge is 0.469 e. The van der Waals surface area contributed by atoms with Gasteiger partial charge in [0.05, 0.1) is 0 Å². The van der Waals surface area contributed by atoms with Crippen LogP contribution >= 0.6 is 23.2 Å². The second-order valence-electron chi connectivity index (χ2n) is 7.50. The van der Waals surface area contributed by atoms with E-state index in [2.05, 4.69) is 20.2 Å². The summed E-state index contributed by atoms with van der Waals surface area (Å²) in [6.07, 6.45) is 4.53. The number of benzene rings is 1. The first-order chi connectivity index (χ1) is 15.0. The van der Waals surface area contributed by atoms with Crippen molar-refractivity contribution in [3.63, 3.8) is 0 Å². The molecule has 0 bridgehead atoms. The number of imidazole rings is 1. The van der Waals surface area contributed by atoms with Gasteiger partial charge in [0, 0.05) is 61.1 Å². The van der Waals surface area contributed by atoms with Gasteiger partial charge in [0.25, 0.3) is 0 Å². The molecule has 1 amide bonds. The summed E-state index contributed by atoms with van der Waals surface area (Å²) in [6.45, 7) is 3.99. The van der Waals surface area contributed by atoms with E-state index in [0.717, 1.165) is 36.7 Å². The van der Waals surface area contributed by atoms with Crippen molar-refractivity contribution in [3.05, 3.63) is 70.2 Å². The Morgan fingerprint density at radius 2 is 2.06 bits per heavy atom. The number of halogens is 2. The molecule has 1 saturated heterocycles. The standard InChI is InChI=1S/C22H23Cl2N5O2/c1-15(30)26-19-5-7-28(13-19)20-3-2-4-22(27-20)31-14-21-25-6-8-29(21)12-16-9-17(23)11-18(24)10-16/h2-4,6,8-11,19H,5,7,12-14H2,1H3,(H,26,30)/t19-/m0/s1. The number of nitrogens with one attached hydrogen (secondary N) is 1. The average molecular weight is 460 g/mol. The summed E-state index contributed by atoms with van der Waals surface area (Å²) in [5.41, 5.74) is 0.986. The number of pyridine rings is 1. The predicted octanol–water partition coefficient (Wildman–Crippen LogP) is 3.93. The number of amides is 1. The molecule has 3 aromatic rings. The molecule has 0 radical (unpaired) electrons. The van der Waals surface area contributed by atoms with E-state index in [9.17, 15) is 4.79 Å². The van der Waals surface area contributed by atoms with Gasteiger partial charge in [-0.05, 0) is 36.2 Å². The molecule has 0 spiro atoms. The number of rotatable bonds is 7. The van der Waals surface area contributed by atoms with Gasteiger partial charge < -0.3 is 19.5 Å². The number of carbonyl (C=O) groups excluding carboxylic acids is 1. The van der Waals surface area contributed by atoms with Crippen LogP contribution in [0.1, 0.15) is 24.7 Å². The molecule has 9 heteroatoms. The molecule has 0 saturated carbocycles. The first kappa shape index (κ1) is 21.5. The highest BCUT2D eigenvalue weighted by Gasteiger charge is 2.24. The second-order valence-corrected chi connectivity index (χ2v) is 8.38. The van der Waals surface area contributed by atoms with Crippen molar-refractivity contribution >= 4 is 34.9 Å². The van der Waals surface area contributed by atoms with Gasteiger partial charge in [-0.15, -0.1) is 0 Å². The molecule has 1 aromatic carbocycles. The minimum absolute atomic E-state index is 0.00700. The van der Waals surface area contributed by atoms with E-state index in [1.165, 1.54) is 0 Å². The van der Waals surface area contributed by atoms with E-state index in [0.29, 0.717) is 22.5 Å². The number of ether oxygens (including phenoxy) is 1. The topological polar surface area (TPSA) is 72.3 Å². The minimum Gasteiger partial charge on any atom is -0.469 e. The first-order valence-electron chi connectivity index (χ1n) is 10.0. The SMILES string of the molecule is CC(=O)N[C@H]1CCN(c2cccc(OCc3nccn3Cc3cc(Cl)cc(Cl)c3)n2)C1. The van der Waals surface area contributed by atoms with Crippen molar-refractivity contribution < 1.29 is 9.53 Å². The van der Waals surface area contributed by atoms with E-state index >= 15 is 0 Å². The molecule has 7 nitrogen and oxygen atoms in total. The van der Waals surface area contributed by atoms with E-state index in [1.54, 1.807) is 19.2 Å². The Hall–Kier alpha value is -2.77. The zero-order valence-corrected chi connectivity index (χ0v) is 18.6. The third-order valence-electron chi connectivity index (χ3n) is 5.05. The van der Waals surface area contributed by atoms with Crippen LogP contribution in [0.25, 0.3) is 0 Å². The van der Waals surface area contributed by atoms with Crippen molar-refractivity contribution in [1.29, 1.82) is 0 Å². The Morgan fingerprint density at radius 3 is 2.84 bits per heavy atom. The maximum Gasteiger partial charge on any atom is 0.217 e. The van der Waals surface area contributed by atoms with Crippen LogP contribution in [0.15, 0.2) is 48.8 Å². The van der Waals surface area contributed by atoms with Crippen LogP contribution in [0.2, 0.25) is 10.0 Å². The van der Waals surface area contributed by atoms with Crippen LogP contribution in [-0.4, -0.2) is 39.6 Å². The van der Waals surface area contributed by atoms with E-state index in [-0.39, 0.29) is 18.6 Å². The van der Waals surface area contributed by atoms with Gasteiger partial charge in [0.2, 0.25) is 11.8 Å². The maximum absolute atomic E-state index is 11.3. The number of hydrogen-bond acceptors (Lipinski definition) is 5. The number of aromatic nitrogens is 3. The molecule has 162 valence electrons. The highest BCUT2D eigenvalue weighted by molar-refractivity contribution is 6.34. The van der Waals surface area contributed by atoms with Gasteiger partial charge in [-0.2, -0.15) is 4.98 Å². The molecule has 1 N–H and O–H groups in total. The molecule has 0 unspecified atom stereocenters. The van der Waals surface area contributed by atoms with Crippen LogP contribution in [0, 0.1) is 0 Å². The Morgan fingerprint density at radius 1 is 1.26 bits per heavy atom. The summed E-state index contributed by atoms with van der Waals surface area (Å²) in [7, 11) is 0. The van der Waals surface area contributed by atoms with E-state index < -0.39 is 0 Å². The van der Waals surface area contributed by atoms with E-state index in [1.807, 2.05) is 41.1 Å². The van der Waals surface area contributed by atoms with E-state index in [4.69, 9.17) is 27.9 Å². The lowest BCUT2D eigenvalue weighted by atomic mass is 10.2. The van der Waals surface area contributed by atoms with Crippen molar-refractivity contribution in [2.24, 2.45) is 0 Å². The fourth-order valence-corrected chi connectivity index (χ4v) is 4.27. The third-order valence-corrected chi connectivity index (χ3v) is 5.49. The summed E-state index contributed by atoms with van der Waals surface area (Å²) < 4.78 is 7.92. The smallest absolute Gasteiger partial charge is 0.217 e. The number of hydrogen-bond donors (Lipinski definition) is 1. The van der Waals surface area contributed by atoms with Crippen LogP contribution in [0.3, 0.4) is 0 Å². The lowest BCUT2D eigenvalue weighted by molar-refractivity contribution is -0.119. The maximum atomic E-state index is 11.3. The van der Waals surface area contributed by atoms with Crippen LogP contribution in [0.4, 0.5) is 5.82 Å². The molecule has 1 aliphatic rings. The summed E-state index contributed by atoms with van der Waals surface area (Å²) in [4.78, 5) is 22.5. The molecular formula is C22H23Cl2N5O2. The average Bonchev–Trinajstić information content (AvgIpc) is 3.35. The quantitative estimate of drug-likeness (QED) is 0.579. The molecule has 1 aliphatic heterocycles. The fourth-order valence-electron chi connectivity index (χ4n) is 3.70. The Labute approximate surface area is 191 Å². The Kier molecular flexibility index (Phi) is 6.63. The van der Waals surface area contributed by atoms with Gasteiger partial charge >= 0.3 is 0 Å². The summed E-state index contributed by atoms with van der Waals surface area (Å²) >= 11 is 12.2. The Balaban J connectivity index is 1.39. The lowest BCUT2D eigenvalue weighted by Crippen LogP contribution is -2.35. The van der Waals surface area contributed by atoms with Gasteiger partial charge in [0.1, 0.15) is 18.2 Å². The number of carbonyl (C=O) groups is 1. The molecule has 31 heavy (non-hydrogen) atoms. The molecule has 4 rings (SSSR count). The highest BCUT2D eigenvalue weighted by Crippen LogP contribution is 2.22. The van der Waals surface area contributed by atoms with Gasteiger partial charge in [-0.1, -0.05) is 29.3 Å². The zero-order chi connectivity index (χ0) is 21.8. The molecule has 0 aliphatic carbocycles. The van der Waals surface area contributed by atoms with Crippen molar-refractivity contribution in [2.75, 3.05) is 18.0 Å². The zero-order valence-electron chi connectivity index (χ0n) is 17.1. The molecule has 2 aromatic heterocycles. The third kappa shape index (κ3) is 5.68. The fraction of sp³-hybridized carbons (Fsp3) is 0.318. The van der Waals surface area contributed by atoms with Crippen LogP contribution in [-0.2, 0) is 17.9 Å². The van der Waals surface area contributed by atoms with Gasteiger partial charge in [-0.3, -0.25) is 4.79 Å². The Bertz CT molecular complexity index is 1050. The number of nitrogens with zero attached hydrogens (tertiary/aromatic N) is 4. The normalized spacial score (nSPS) is 15.8. The molecule has 3 heterocycles. The first-order valence-corrected chi connectivity index (χ1v) is 10.8. The molecule has 1 fully saturated rings. The second kappa shape index (κ2) is 9.58. The predicted molar refractivity (Wildman–Crippen MR) is 121 cm³/mol.